The van der Waals surface area contributed by atoms with E-state index in [0.717, 1.165) is 5.56 Å². The standard InChI is InChI=1S/C8H11N3O.C2H6/c1-3-12-8-7(2)6-11(10-8)5-4-9;1-2/h6H,3,5H2,1-2H3;1-2H3. The van der Waals surface area contributed by atoms with E-state index in [0.29, 0.717) is 12.5 Å². The molecule has 1 heterocycles. The molecule has 0 aromatic carbocycles. The predicted molar refractivity (Wildman–Crippen MR) is 55.1 cm³/mol. The zero-order valence-electron chi connectivity index (χ0n) is 9.24. The highest BCUT2D eigenvalue weighted by Gasteiger charge is 2.03. The van der Waals surface area contributed by atoms with Crippen LogP contribution in [0.25, 0.3) is 0 Å². The molecule has 0 aliphatic rings. The second-order valence-corrected chi connectivity index (χ2v) is 2.41. The summed E-state index contributed by atoms with van der Waals surface area (Å²) in [6.07, 6.45) is 1.80. The van der Waals surface area contributed by atoms with Gasteiger partial charge >= 0.3 is 0 Å². The molecule has 0 bridgehead atoms. The van der Waals surface area contributed by atoms with Gasteiger partial charge in [-0.05, 0) is 13.8 Å². The van der Waals surface area contributed by atoms with Gasteiger partial charge in [0, 0.05) is 11.8 Å². The van der Waals surface area contributed by atoms with Gasteiger partial charge in [-0.2, -0.15) is 5.26 Å². The van der Waals surface area contributed by atoms with E-state index in [2.05, 4.69) is 5.10 Å². The Balaban J connectivity index is 0.000000791. The van der Waals surface area contributed by atoms with E-state index in [-0.39, 0.29) is 6.54 Å². The van der Waals surface area contributed by atoms with Crippen molar-refractivity contribution in [2.45, 2.75) is 34.2 Å². The fourth-order valence-corrected chi connectivity index (χ4v) is 0.936. The minimum atomic E-state index is 0.272. The monoisotopic (exact) mass is 195 g/mol. The smallest absolute Gasteiger partial charge is 0.235 e. The van der Waals surface area contributed by atoms with Gasteiger partial charge in [0.15, 0.2) is 0 Å². The van der Waals surface area contributed by atoms with Gasteiger partial charge in [-0.3, -0.25) is 4.68 Å². The minimum Gasteiger partial charge on any atom is -0.477 e. The number of hydrogen-bond donors (Lipinski definition) is 0. The minimum absolute atomic E-state index is 0.272. The second-order valence-electron chi connectivity index (χ2n) is 2.41. The molecule has 1 rings (SSSR count). The fourth-order valence-electron chi connectivity index (χ4n) is 0.936. The second kappa shape index (κ2) is 6.96. The molecule has 0 aliphatic heterocycles. The summed E-state index contributed by atoms with van der Waals surface area (Å²) in [7, 11) is 0. The van der Waals surface area contributed by atoms with E-state index in [4.69, 9.17) is 10.00 Å². The van der Waals surface area contributed by atoms with Crippen molar-refractivity contribution in [3.05, 3.63) is 11.8 Å². The molecule has 4 heteroatoms. The summed E-state index contributed by atoms with van der Waals surface area (Å²) in [6, 6.07) is 2.01. The van der Waals surface area contributed by atoms with Gasteiger partial charge in [-0.15, -0.1) is 5.10 Å². The molecule has 0 amide bonds. The summed E-state index contributed by atoms with van der Waals surface area (Å²) >= 11 is 0. The highest BCUT2D eigenvalue weighted by atomic mass is 16.5. The number of nitrogens with zero attached hydrogens (tertiary/aromatic N) is 3. The molecule has 1 aromatic heterocycles. The van der Waals surface area contributed by atoms with Gasteiger partial charge in [0.25, 0.3) is 0 Å². The first kappa shape index (κ1) is 12.5. The van der Waals surface area contributed by atoms with Crippen LogP contribution in [-0.2, 0) is 6.54 Å². The maximum Gasteiger partial charge on any atom is 0.235 e. The van der Waals surface area contributed by atoms with E-state index in [1.165, 1.54) is 0 Å². The molecule has 78 valence electrons. The lowest BCUT2D eigenvalue weighted by molar-refractivity contribution is 0.320. The SMILES string of the molecule is CC.CCOc1nn(CC#N)cc1C. The maximum atomic E-state index is 8.40. The number of hydrogen-bond acceptors (Lipinski definition) is 3. The Morgan fingerprint density at radius 2 is 2.21 bits per heavy atom. The number of rotatable bonds is 3. The van der Waals surface area contributed by atoms with E-state index in [1.54, 1.807) is 10.9 Å². The number of aryl methyl sites for hydroxylation is 1. The Labute approximate surface area is 85.1 Å². The normalized spacial score (nSPS) is 8.50. The highest BCUT2D eigenvalue weighted by molar-refractivity contribution is 5.21. The van der Waals surface area contributed by atoms with Crippen LogP contribution >= 0.6 is 0 Å². The third-order valence-corrected chi connectivity index (χ3v) is 1.41. The fraction of sp³-hybridized carbons (Fsp3) is 0.600. The van der Waals surface area contributed by atoms with Crippen LogP contribution in [0.5, 0.6) is 5.88 Å². The lowest BCUT2D eigenvalue weighted by Crippen LogP contribution is -1.97. The molecule has 4 nitrogen and oxygen atoms in total. The maximum absolute atomic E-state index is 8.40. The molecular weight excluding hydrogens is 178 g/mol. The molecule has 0 spiro atoms. The average molecular weight is 195 g/mol. The summed E-state index contributed by atoms with van der Waals surface area (Å²) < 4.78 is 6.79. The van der Waals surface area contributed by atoms with Crippen LogP contribution in [0.15, 0.2) is 6.20 Å². The highest BCUT2D eigenvalue weighted by Crippen LogP contribution is 2.13. The Bertz CT molecular complexity index is 299. The molecule has 0 N–H and O–H groups in total. The molecule has 0 fully saturated rings. The molecule has 1 aromatic rings. The predicted octanol–water partition coefficient (Wildman–Crippen LogP) is 2.14. The first-order valence-corrected chi connectivity index (χ1v) is 4.81. The van der Waals surface area contributed by atoms with E-state index in [1.807, 2.05) is 33.8 Å². The van der Waals surface area contributed by atoms with Crippen molar-refractivity contribution in [3.8, 4) is 11.9 Å². The summed E-state index contributed by atoms with van der Waals surface area (Å²) in [6.45, 7) is 8.69. The molecular formula is C10H17N3O. The van der Waals surface area contributed by atoms with Crippen LogP contribution < -0.4 is 4.74 Å². The molecule has 0 saturated heterocycles. The van der Waals surface area contributed by atoms with Crippen LogP contribution in [0, 0.1) is 18.3 Å². The summed E-state index contributed by atoms with van der Waals surface area (Å²) in [5.74, 6) is 0.618. The summed E-state index contributed by atoms with van der Waals surface area (Å²) in [5.41, 5.74) is 0.965. The number of nitriles is 1. The van der Waals surface area contributed by atoms with Crippen molar-refractivity contribution in [2.24, 2.45) is 0 Å². The molecule has 0 atom stereocenters. The quantitative estimate of drug-likeness (QED) is 0.742. The number of aromatic nitrogens is 2. The van der Waals surface area contributed by atoms with E-state index in [9.17, 15) is 0 Å². The summed E-state index contributed by atoms with van der Waals surface area (Å²) in [5, 5.41) is 12.5. The Hall–Kier alpha value is -1.50. The Kier molecular flexibility index (Phi) is 6.21. The lowest BCUT2D eigenvalue weighted by atomic mass is 10.4. The van der Waals surface area contributed by atoms with Crippen molar-refractivity contribution in [3.63, 3.8) is 0 Å². The van der Waals surface area contributed by atoms with Crippen LogP contribution in [0.2, 0.25) is 0 Å². The molecule has 14 heavy (non-hydrogen) atoms. The molecule has 0 aliphatic carbocycles. The molecule has 0 saturated carbocycles. The van der Waals surface area contributed by atoms with Gasteiger partial charge in [0.05, 0.1) is 12.7 Å². The van der Waals surface area contributed by atoms with Crippen molar-refractivity contribution in [1.29, 1.82) is 5.26 Å². The van der Waals surface area contributed by atoms with Crippen LogP contribution in [-0.4, -0.2) is 16.4 Å². The average Bonchev–Trinajstić information content (AvgIpc) is 2.52. The van der Waals surface area contributed by atoms with Gasteiger partial charge in [-0.25, -0.2) is 0 Å². The van der Waals surface area contributed by atoms with Crippen molar-refractivity contribution in [1.82, 2.24) is 9.78 Å². The first-order chi connectivity index (χ1) is 6.77. The topological polar surface area (TPSA) is 50.8 Å². The zero-order chi connectivity index (χ0) is 11.0. The summed E-state index contributed by atoms with van der Waals surface area (Å²) in [4.78, 5) is 0. The van der Waals surface area contributed by atoms with E-state index < -0.39 is 0 Å². The third-order valence-electron chi connectivity index (χ3n) is 1.41. The van der Waals surface area contributed by atoms with Gasteiger partial charge in [0.2, 0.25) is 5.88 Å². The van der Waals surface area contributed by atoms with Crippen LogP contribution in [0.3, 0.4) is 0 Å². The molecule has 0 radical (unpaired) electrons. The van der Waals surface area contributed by atoms with Crippen LogP contribution in [0.1, 0.15) is 26.3 Å². The molecule has 0 unspecified atom stereocenters. The van der Waals surface area contributed by atoms with Crippen molar-refractivity contribution >= 4 is 0 Å². The van der Waals surface area contributed by atoms with Gasteiger partial charge in [0.1, 0.15) is 6.54 Å². The Morgan fingerprint density at radius 1 is 1.57 bits per heavy atom. The first-order valence-electron chi connectivity index (χ1n) is 4.81. The Morgan fingerprint density at radius 3 is 2.71 bits per heavy atom. The van der Waals surface area contributed by atoms with Crippen molar-refractivity contribution in [2.75, 3.05) is 6.61 Å². The largest absolute Gasteiger partial charge is 0.477 e. The third kappa shape index (κ3) is 3.48. The van der Waals surface area contributed by atoms with Gasteiger partial charge < -0.3 is 4.74 Å². The lowest BCUT2D eigenvalue weighted by Gasteiger charge is -1.96. The van der Waals surface area contributed by atoms with Crippen molar-refractivity contribution < 1.29 is 4.74 Å². The van der Waals surface area contributed by atoms with E-state index >= 15 is 0 Å². The van der Waals surface area contributed by atoms with Gasteiger partial charge in [-0.1, -0.05) is 13.8 Å². The van der Waals surface area contributed by atoms with Crippen LogP contribution in [0.4, 0.5) is 0 Å². The zero-order valence-corrected chi connectivity index (χ0v) is 9.24. The number of ether oxygens (including phenoxy) is 1.